The van der Waals surface area contributed by atoms with Crippen LogP contribution in [0.1, 0.15) is 48.8 Å². The van der Waals surface area contributed by atoms with Crippen LogP contribution < -0.4 is 0 Å². The van der Waals surface area contributed by atoms with Crippen molar-refractivity contribution in [2.45, 2.75) is 39.3 Å². The fourth-order valence-corrected chi connectivity index (χ4v) is 3.53. The fourth-order valence-electron chi connectivity index (χ4n) is 3.53. The maximum atomic E-state index is 13.3. The quantitative estimate of drug-likeness (QED) is 0.677. The monoisotopic (exact) mass is 395 g/mol. The van der Waals surface area contributed by atoms with Crippen molar-refractivity contribution in [1.82, 2.24) is 24.8 Å². The molecule has 0 N–H and O–H groups in total. The van der Waals surface area contributed by atoms with Gasteiger partial charge < -0.3 is 14.2 Å². The van der Waals surface area contributed by atoms with E-state index in [9.17, 15) is 4.79 Å². The van der Waals surface area contributed by atoms with E-state index in [1.54, 1.807) is 4.90 Å². The molecule has 1 amide bonds. The Labute approximate surface area is 169 Å². The van der Waals surface area contributed by atoms with Gasteiger partial charge in [-0.1, -0.05) is 23.4 Å². The molecule has 8 heteroatoms. The van der Waals surface area contributed by atoms with E-state index in [0.717, 1.165) is 11.3 Å². The highest BCUT2D eigenvalue weighted by atomic mass is 16.5. The van der Waals surface area contributed by atoms with Crippen molar-refractivity contribution in [2.75, 3.05) is 19.8 Å². The van der Waals surface area contributed by atoms with Crippen LogP contribution in [0.2, 0.25) is 0 Å². The van der Waals surface area contributed by atoms with E-state index >= 15 is 0 Å². The van der Waals surface area contributed by atoms with Gasteiger partial charge in [-0.15, -0.1) is 0 Å². The Balaban J connectivity index is 1.62. The summed E-state index contributed by atoms with van der Waals surface area (Å²) in [4.78, 5) is 19.5. The summed E-state index contributed by atoms with van der Waals surface area (Å²) in [6.45, 7) is 9.36. The van der Waals surface area contributed by atoms with E-state index < -0.39 is 6.04 Å². The number of amides is 1. The number of carbonyl (C=O) groups excluding carboxylic acids is 1. The van der Waals surface area contributed by atoms with Crippen LogP contribution in [0.4, 0.5) is 0 Å². The average Bonchev–Trinajstić information content (AvgIpc) is 3.35. The first-order chi connectivity index (χ1) is 13.8. The van der Waals surface area contributed by atoms with Crippen molar-refractivity contribution >= 4 is 5.91 Å². The van der Waals surface area contributed by atoms with Crippen LogP contribution in [0.3, 0.4) is 0 Å². The largest absolute Gasteiger partial charge is 0.377 e. The summed E-state index contributed by atoms with van der Waals surface area (Å²) in [5, 5.41) is 8.68. The Morgan fingerprint density at radius 3 is 2.66 bits per heavy atom. The summed E-state index contributed by atoms with van der Waals surface area (Å²) in [6, 6.07) is 11.0. The molecule has 8 nitrogen and oxygen atoms in total. The molecule has 1 unspecified atom stereocenters. The molecule has 152 valence electrons. The van der Waals surface area contributed by atoms with E-state index in [1.165, 1.54) is 0 Å². The number of aromatic nitrogens is 4. The van der Waals surface area contributed by atoms with Crippen LogP contribution in [-0.2, 0) is 10.3 Å². The summed E-state index contributed by atoms with van der Waals surface area (Å²) in [7, 11) is 0. The molecule has 1 saturated heterocycles. The lowest BCUT2D eigenvalue weighted by molar-refractivity contribution is -0.00614. The summed E-state index contributed by atoms with van der Waals surface area (Å²) in [5.41, 5.74) is 1.98. The molecule has 29 heavy (non-hydrogen) atoms. The maximum Gasteiger partial charge on any atom is 0.275 e. The highest BCUT2D eigenvalue weighted by Gasteiger charge is 2.34. The van der Waals surface area contributed by atoms with E-state index in [2.05, 4.69) is 36.0 Å². The fraction of sp³-hybridized carbons (Fsp3) is 0.429. The van der Waals surface area contributed by atoms with Gasteiger partial charge in [-0.2, -0.15) is 10.1 Å². The molecule has 0 saturated carbocycles. The number of aryl methyl sites for hydroxylation is 1. The second kappa shape index (κ2) is 7.44. The number of carbonyl (C=O) groups is 1. The van der Waals surface area contributed by atoms with Crippen LogP contribution >= 0.6 is 0 Å². The molecule has 1 atom stereocenters. The van der Waals surface area contributed by atoms with Crippen molar-refractivity contribution in [2.24, 2.45) is 0 Å². The predicted octanol–water partition coefficient (Wildman–Crippen LogP) is 3.21. The van der Waals surface area contributed by atoms with Crippen molar-refractivity contribution in [3.05, 3.63) is 53.6 Å². The third-order valence-corrected chi connectivity index (χ3v) is 4.89. The van der Waals surface area contributed by atoms with Crippen LogP contribution in [0.15, 0.2) is 40.9 Å². The first-order valence-electron chi connectivity index (χ1n) is 9.69. The minimum absolute atomic E-state index is 0.157. The molecule has 3 heterocycles. The Bertz CT molecular complexity index is 1000. The second-order valence-electron chi connectivity index (χ2n) is 8.17. The van der Waals surface area contributed by atoms with E-state index in [0.29, 0.717) is 37.2 Å². The molecule has 1 aromatic carbocycles. The van der Waals surface area contributed by atoms with E-state index in [1.807, 2.05) is 48.0 Å². The highest BCUT2D eigenvalue weighted by Crippen LogP contribution is 2.27. The van der Waals surface area contributed by atoms with Gasteiger partial charge in [-0.25, -0.2) is 0 Å². The molecule has 0 radical (unpaired) electrons. The molecule has 3 aromatic rings. The second-order valence-corrected chi connectivity index (χ2v) is 8.17. The zero-order chi connectivity index (χ0) is 20.6. The van der Waals surface area contributed by atoms with Gasteiger partial charge in [0.25, 0.3) is 11.8 Å². The lowest BCUT2D eigenvalue weighted by atomic mass is 10.1. The van der Waals surface area contributed by atoms with Gasteiger partial charge in [0.2, 0.25) is 0 Å². The van der Waals surface area contributed by atoms with Gasteiger partial charge >= 0.3 is 0 Å². The Hall–Kier alpha value is -3.00. The number of hydrogen-bond donors (Lipinski definition) is 0. The van der Waals surface area contributed by atoms with Crippen LogP contribution in [0, 0.1) is 6.92 Å². The molecule has 0 bridgehead atoms. The first kappa shape index (κ1) is 19.3. The molecule has 1 fully saturated rings. The SMILES string of the molecule is Cc1cc(C(=O)N2CCOCC2c2noc(-c3ccccc3)n2)nn1C(C)(C)C. The summed E-state index contributed by atoms with van der Waals surface area (Å²) in [6.07, 6.45) is 0. The lowest BCUT2D eigenvalue weighted by Crippen LogP contribution is -2.44. The number of benzene rings is 1. The minimum Gasteiger partial charge on any atom is -0.377 e. The zero-order valence-electron chi connectivity index (χ0n) is 17.1. The molecule has 0 aliphatic carbocycles. The van der Waals surface area contributed by atoms with Crippen molar-refractivity contribution < 1.29 is 14.1 Å². The number of morpholine rings is 1. The predicted molar refractivity (Wildman–Crippen MR) is 106 cm³/mol. The molecular weight excluding hydrogens is 370 g/mol. The molecule has 4 rings (SSSR count). The van der Waals surface area contributed by atoms with Crippen LogP contribution in [-0.4, -0.2) is 50.5 Å². The zero-order valence-corrected chi connectivity index (χ0v) is 17.1. The number of nitrogens with zero attached hydrogens (tertiary/aromatic N) is 5. The standard InChI is InChI=1S/C21H25N5O3/c1-14-12-16(23-26(14)21(2,3)4)20(27)25-10-11-28-13-17(25)18-22-19(29-24-18)15-8-6-5-7-9-15/h5-9,12,17H,10-11,13H2,1-4H3. The lowest BCUT2D eigenvalue weighted by Gasteiger charge is -2.33. The molecular formula is C21H25N5O3. The third kappa shape index (κ3) is 3.80. The van der Waals surface area contributed by atoms with Gasteiger partial charge in [-0.05, 0) is 45.9 Å². The van der Waals surface area contributed by atoms with Crippen molar-refractivity contribution in [3.8, 4) is 11.5 Å². The average molecular weight is 395 g/mol. The van der Waals surface area contributed by atoms with Gasteiger partial charge in [0.05, 0.1) is 18.8 Å². The van der Waals surface area contributed by atoms with E-state index in [4.69, 9.17) is 9.26 Å². The van der Waals surface area contributed by atoms with E-state index in [-0.39, 0.29) is 11.4 Å². The van der Waals surface area contributed by atoms with Gasteiger partial charge in [0.1, 0.15) is 6.04 Å². The Kier molecular flexibility index (Phi) is 4.96. The summed E-state index contributed by atoms with van der Waals surface area (Å²) < 4.78 is 12.9. The van der Waals surface area contributed by atoms with Gasteiger partial charge in [0, 0.05) is 17.8 Å². The number of rotatable bonds is 3. The molecule has 1 aliphatic heterocycles. The van der Waals surface area contributed by atoms with Crippen LogP contribution in [0.5, 0.6) is 0 Å². The number of hydrogen-bond acceptors (Lipinski definition) is 6. The Morgan fingerprint density at radius 1 is 1.21 bits per heavy atom. The summed E-state index contributed by atoms with van der Waals surface area (Å²) >= 11 is 0. The topological polar surface area (TPSA) is 86.3 Å². The first-order valence-corrected chi connectivity index (χ1v) is 9.69. The van der Waals surface area contributed by atoms with Crippen molar-refractivity contribution in [1.29, 1.82) is 0 Å². The normalized spacial score (nSPS) is 17.5. The van der Waals surface area contributed by atoms with Gasteiger partial charge in [-0.3, -0.25) is 9.48 Å². The number of ether oxygens (including phenoxy) is 1. The smallest absolute Gasteiger partial charge is 0.275 e. The molecule has 0 spiro atoms. The van der Waals surface area contributed by atoms with Crippen molar-refractivity contribution in [3.63, 3.8) is 0 Å². The molecule has 2 aromatic heterocycles. The third-order valence-electron chi connectivity index (χ3n) is 4.89. The Morgan fingerprint density at radius 2 is 1.97 bits per heavy atom. The minimum atomic E-state index is -0.419. The van der Waals surface area contributed by atoms with Gasteiger partial charge in [0.15, 0.2) is 11.5 Å². The maximum absolute atomic E-state index is 13.3. The van der Waals surface area contributed by atoms with Crippen LogP contribution in [0.25, 0.3) is 11.5 Å². The summed E-state index contributed by atoms with van der Waals surface area (Å²) in [5.74, 6) is 0.700. The highest BCUT2D eigenvalue weighted by molar-refractivity contribution is 5.92. The molecule has 1 aliphatic rings.